The average molecular weight is 467 g/mol. The summed E-state index contributed by atoms with van der Waals surface area (Å²) in [6, 6.07) is 12.6. The van der Waals surface area contributed by atoms with E-state index in [-0.39, 0.29) is 17.7 Å². The highest BCUT2D eigenvalue weighted by atomic mass is 35.5. The first-order chi connectivity index (χ1) is 16.0. The number of pyridine rings is 1. The van der Waals surface area contributed by atoms with Crippen LogP contribution in [0.25, 0.3) is 10.9 Å². The molecule has 0 bridgehead atoms. The minimum atomic E-state index is -0.968. The van der Waals surface area contributed by atoms with Crippen molar-refractivity contribution in [3.8, 4) is 5.75 Å². The number of nitrogens with one attached hydrogen (secondary N) is 1. The maximum atomic E-state index is 11.7. The van der Waals surface area contributed by atoms with Crippen molar-refractivity contribution in [2.75, 3.05) is 18.5 Å². The molecule has 1 aliphatic carbocycles. The van der Waals surface area contributed by atoms with E-state index >= 15 is 0 Å². The number of carbonyl (C=O) groups is 1. The molecule has 1 saturated heterocycles. The van der Waals surface area contributed by atoms with Gasteiger partial charge in [-0.05, 0) is 55.7 Å². The molecule has 2 aromatic carbocycles. The third-order valence-corrected chi connectivity index (χ3v) is 6.56. The van der Waals surface area contributed by atoms with Crippen molar-refractivity contribution in [2.45, 2.75) is 50.7 Å². The van der Waals surface area contributed by atoms with Crippen LogP contribution in [0.1, 0.15) is 66.2 Å². The standard InChI is InChI=1S/C26H27ClN2O4/c1-15(28-22-5-3-2-4-19(22)26(30)31)20-12-17(27)13-23-21(20)14-24(25(29-23)16-6-7-16)33-18-8-10-32-11-9-18/h2-5,12-16,18,28H,6-11H2,1H3,(H,30,31)/t15-/m1/s1. The zero-order valence-corrected chi connectivity index (χ0v) is 19.3. The van der Waals surface area contributed by atoms with Gasteiger partial charge in [0, 0.05) is 40.9 Å². The van der Waals surface area contributed by atoms with Crippen LogP contribution in [-0.4, -0.2) is 35.4 Å². The number of para-hydroxylation sites is 1. The summed E-state index contributed by atoms with van der Waals surface area (Å²) in [5, 5.41) is 14.5. The van der Waals surface area contributed by atoms with Crippen LogP contribution in [-0.2, 0) is 4.74 Å². The molecule has 0 radical (unpaired) electrons. The second-order valence-corrected chi connectivity index (χ2v) is 9.29. The lowest BCUT2D eigenvalue weighted by Crippen LogP contribution is -2.26. The SMILES string of the molecule is C[C@@H](Nc1ccccc1C(=O)O)c1cc(Cl)cc2nc(C3CC3)c(OC3CCOCC3)cc12. The maximum absolute atomic E-state index is 11.7. The van der Waals surface area contributed by atoms with Crippen molar-refractivity contribution in [3.05, 3.63) is 64.3 Å². The molecule has 1 aromatic heterocycles. The van der Waals surface area contributed by atoms with E-state index in [1.165, 1.54) is 0 Å². The number of hydrogen-bond acceptors (Lipinski definition) is 5. The molecule has 7 heteroatoms. The summed E-state index contributed by atoms with van der Waals surface area (Å²) in [7, 11) is 0. The number of aromatic nitrogens is 1. The molecule has 1 atom stereocenters. The van der Waals surface area contributed by atoms with Crippen molar-refractivity contribution >= 4 is 34.2 Å². The van der Waals surface area contributed by atoms with E-state index in [0.29, 0.717) is 16.6 Å². The number of ether oxygens (including phenoxy) is 2. The zero-order valence-electron chi connectivity index (χ0n) is 18.5. The normalized spacial score (nSPS) is 17.6. The summed E-state index contributed by atoms with van der Waals surface area (Å²) in [4.78, 5) is 16.6. The molecule has 2 heterocycles. The predicted molar refractivity (Wildman–Crippen MR) is 129 cm³/mol. The topological polar surface area (TPSA) is 80.7 Å². The Labute approximate surface area is 197 Å². The van der Waals surface area contributed by atoms with Crippen molar-refractivity contribution in [1.29, 1.82) is 0 Å². The summed E-state index contributed by atoms with van der Waals surface area (Å²) in [5.41, 5.74) is 3.59. The van der Waals surface area contributed by atoms with E-state index in [1.807, 2.05) is 25.1 Å². The lowest BCUT2D eigenvalue weighted by Gasteiger charge is -2.25. The first kappa shape index (κ1) is 22.0. The highest BCUT2D eigenvalue weighted by molar-refractivity contribution is 6.31. The first-order valence-corrected chi connectivity index (χ1v) is 11.8. The van der Waals surface area contributed by atoms with Crippen molar-refractivity contribution < 1.29 is 19.4 Å². The minimum absolute atomic E-state index is 0.129. The van der Waals surface area contributed by atoms with Crippen LogP contribution < -0.4 is 10.1 Å². The van der Waals surface area contributed by atoms with Crippen LogP contribution in [0.4, 0.5) is 5.69 Å². The van der Waals surface area contributed by atoms with Crippen LogP contribution in [0.3, 0.4) is 0 Å². The molecular weight excluding hydrogens is 440 g/mol. The van der Waals surface area contributed by atoms with Crippen LogP contribution >= 0.6 is 11.6 Å². The number of carboxylic acid groups (broad SMARTS) is 1. The Morgan fingerprint density at radius 2 is 1.94 bits per heavy atom. The van der Waals surface area contributed by atoms with Gasteiger partial charge >= 0.3 is 5.97 Å². The number of rotatable bonds is 7. The predicted octanol–water partition coefficient (Wildman–Crippen LogP) is 6.19. The number of halogens is 1. The van der Waals surface area contributed by atoms with Crippen LogP contribution in [0.15, 0.2) is 42.5 Å². The molecule has 5 rings (SSSR count). The number of benzene rings is 2. The molecule has 0 unspecified atom stereocenters. The van der Waals surface area contributed by atoms with Gasteiger partial charge in [-0.2, -0.15) is 0 Å². The van der Waals surface area contributed by atoms with E-state index in [4.69, 9.17) is 26.1 Å². The third-order valence-electron chi connectivity index (χ3n) is 6.35. The van der Waals surface area contributed by atoms with Crippen LogP contribution in [0.5, 0.6) is 5.75 Å². The Balaban J connectivity index is 1.54. The molecule has 2 aliphatic rings. The molecule has 2 fully saturated rings. The third kappa shape index (κ3) is 4.77. The van der Waals surface area contributed by atoms with Gasteiger partial charge in [0.2, 0.25) is 0 Å². The molecule has 33 heavy (non-hydrogen) atoms. The fourth-order valence-corrected chi connectivity index (χ4v) is 4.67. The number of fused-ring (bicyclic) bond motifs is 1. The van der Waals surface area contributed by atoms with Gasteiger partial charge in [0.15, 0.2) is 0 Å². The summed E-state index contributed by atoms with van der Waals surface area (Å²) in [6.45, 7) is 3.43. The number of hydrogen-bond donors (Lipinski definition) is 2. The Kier molecular flexibility index (Phi) is 6.13. The molecule has 2 N–H and O–H groups in total. The summed E-state index contributed by atoms with van der Waals surface area (Å²) >= 11 is 6.49. The Hall–Kier alpha value is -2.83. The van der Waals surface area contributed by atoms with Crippen molar-refractivity contribution in [3.63, 3.8) is 0 Å². The molecule has 6 nitrogen and oxygen atoms in total. The molecule has 3 aromatic rings. The van der Waals surface area contributed by atoms with Gasteiger partial charge in [0.25, 0.3) is 0 Å². The van der Waals surface area contributed by atoms with E-state index in [9.17, 15) is 9.90 Å². The monoisotopic (exact) mass is 466 g/mol. The quantitative estimate of drug-likeness (QED) is 0.431. The number of anilines is 1. The van der Waals surface area contributed by atoms with Gasteiger partial charge in [0.1, 0.15) is 11.9 Å². The smallest absolute Gasteiger partial charge is 0.337 e. The van der Waals surface area contributed by atoms with Gasteiger partial charge in [-0.3, -0.25) is 0 Å². The fraction of sp³-hybridized carbons (Fsp3) is 0.385. The Morgan fingerprint density at radius 3 is 2.67 bits per heavy atom. The molecular formula is C26H27ClN2O4. The highest BCUT2D eigenvalue weighted by Crippen LogP contribution is 2.45. The Morgan fingerprint density at radius 1 is 1.18 bits per heavy atom. The lowest BCUT2D eigenvalue weighted by molar-refractivity contribution is 0.0251. The number of nitrogens with zero attached hydrogens (tertiary/aromatic N) is 1. The van der Waals surface area contributed by atoms with Crippen LogP contribution in [0.2, 0.25) is 5.02 Å². The fourth-order valence-electron chi connectivity index (χ4n) is 4.45. The molecule has 0 amide bonds. The van der Waals surface area contributed by atoms with Gasteiger partial charge in [0.05, 0.1) is 30.0 Å². The largest absolute Gasteiger partial charge is 0.488 e. The van der Waals surface area contributed by atoms with Crippen molar-refractivity contribution in [1.82, 2.24) is 4.98 Å². The van der Waals surface area contributed by atoms with Gasteiger partial charge in [-0.15, -0.1) is 0 Å². The van der Waals surface area contributed by atoms with Gasteiger partial charge < -0.3 is 19.9 Å². The Bertz CT molecular complexity index is 1190. The molecule has 172 valence electrons. The van der Waals surface area contributed by atoms with E-state index < -0.39 is 5.97 Å². The molecule has 0 spiro atoms. The first-order valence-electron chi connectivity index (χ1n) is 11.5. The summed E-state index contributed by atoms with van der Waals surface area (Å²) in [5.74, 6) is 0.312. The second-order valence-electron chi connectivity index (χ2n) is 8.85. The number of carboxylic acids is 1. The van der Waals surface area contributed by atoms with Crippen LogP contribution in [0, 0.1) is 0 Å². The molecule has 1 saturated carbocycles. The zero-order chi connectivity index (χ0) is 22.9. The second kappa shape index (κ2) is 9.20. The number of aromatic carboxylic acids is 1. The van der Waals surface area contributed by atoms with E-state index in [2.05, 4.69) is 11.4 Å². The minimum Gasteiger partial charge on any atom is -0.488 e. The summed E-state index contributed by atoms with van der Waals surface area (Å²) in [6.07, 6.45) is 4.13. The lowest BCUT2D eigenvalue weighted by atomic mass is 10.00. The maximum Gasteiger partial charge on any atom is 0.337 e. The van der Waals surface area contributed by atoms with E-state index in [0.717, 1.165) is 66.8 Å². The molecule has 1 aliphatic heterocycles. The summed E-state index contributed by atoms with van der Waals surface area (Å²) < 4.78 is 11.9. The van der Waals surface area contributed by atoms with E-state index in [1.54, 1.807) is 18.2 Å². The van der Waals surface area contributed by atoms with Gasteiger partial charge in [-0.25, -0.2) is 9.78 Å². The van der Waals surface area contributed by atoms with Gasteiger partial charge in [-0.1, -0.05) is 23.7 Å². The average Bonchev–Trinajstić information content (AvgIpc) is 3.64. The van der Waals surface area contributed by atoms with Crippen molar-refractivity contribution in [2.24, 2.45) is 0 Å². The highest BCUT2D eigenvalue weighted by Gasteiger charge is 2.31.